The number of carbonyl (C=O) groups excluding carboxylic acids is 2. The van der Waals surface area contributed by atoms with E-state index < -0.39 is 36.4 Å². The number of rotatable bonds is 8. The van der Waals surface area contributed by atoms with E-state index in [1.54, 1.807) is 39.0 Å². The molecular formula is C22H35BBrNO6. The van der Waals surface area contributed by atoms with Crippen LogP contribution >= 0.6 is 15.9 Å². The number of benzene rings is 1. The van der Waals surface area contributed by atoms with Gasteiger partial charge in [-0.1, -0.05) is 35.3 Å². The van der Waals surface area contributed by atoms with E-state index in [-0.39, 0.29) is 18.5 Å². The minimum absolute atomic E-state index is 0.0370. The maximum Gasteiger partial charge on any atom is 0.488 e. The van der Waals surface area contributed by atoms with Crippen molar-refractivity contribution in [2.75, 3.05) is 6.61 Å². The molecule has 0 bridgehead atoms. The van der Waals surface area contributed by atoms with Gasteiger partial charge in [-0.3, -0.25) is 4.90 Å². The molecule has 0 spiro atoms. The average Bonchev–Trinajstić information content (AvgIpc) is 2.59. The third-order valence-corrected chi connectivity index (χ3v) is 4.93. The molecule has 31 heavy (non-hydrogen) atoms. The summed E-state index contributed by atoms with van der Waals surface area (Å²) in [5.74, 6) is -0.587. The summed E-state index contributed by atoms with van der Waals surface area (Å²) in [6, 6.07) is 3.99. The molecule has 1 atom stereocenters. The van der Waals surface area contributed by atoms with E-state index in [2.05, 4.69) is 15.9 Å². The fourth-order valence-corrected chi connectivity index (χ4v) is 3.47. The molecule has 0 aliphatic heterocycles. The Balaban J connectivity index is 3.44. The quantitative estimate of drug-likeness (QED) is 0.323. The van der Waals surface area contributed by atoms with Crippen molar-refractivity contribution in [3.8, 4) is 0 Å². The Kier molecular flexibility index (Phi) is 10.0. The van der Waals surface area contributed by atoms with Gasteiger partial charge in [0, 0.05) is 16.4 Å². The van der Waals surface area contributed by atoms with Crippen LogP contribution in [0.4, 0.5) is 4.79 Å². The van der Waals surface area contributed by atoms with Gasteiger partial charge in [0.2, 0.25) is 0 Å². The van der Waals surface area contributed by atoms with Crippen LogP contribution in [-0.2, 0) is 20.7 Å². The number of unbranched alkanes of at least 4 members (excludes halogenated alkanes) is 1. The van der Waals surface area contributed by atoms with Crippen LogP contribution in [0.5, 0.6) is 0 Å². The molecular weight excluding hydrogens is 465 g/mol. The van der Waals surface area contributed by atoms with Gasteiger partial charge >= 0.3 is 19.2 Å². The summed E-state index contributed by atoms with van der Waals surface area (Å²) in [4.78, 5) is 27.6. The first-order chi connectivity index (χ1) is 14.2. The largest absolute Gasteiger partial charge is 0.488 e. The number of hydrogen-bond acceptors (Lipinski definition) is 6. The van der Waals surface area contributed by atoms with Crippen LogP contribution in [0.15, 0.2) is 22.7 Å². The predicted octanol–water partition coefficient (Wildman–Crippen LogP) is 3.42. The lowest BCUT2D eigenvalue weighted by molar-refractivity contribution is -0.162. The number of ether oxygens (including phenoxy) is 2. The molecule has 0 aliphatic rings. The van der Waals surface area contributed by atoms with E-state index in [9.17, 15) is 19.6 Å². The maximum atomic E-state index is 13.2. The molecule has 0 radical (unpaired) electrons. The van der Waals surface area contributed by atoms with Crippen LogP contribution in [0.3, 0.4) is 0 Å². The molecule has 7 nitrogen and oxygen atoms in total. The summed E-state index contributed by atoms with van der Waals surface area (Å²) in [5, 5.41) is 19.7. The number of amides is 1. The molecule has 0 fully saturated rings. The van der Waals surface area contributed by atoms with Crippen LogP contribution < -0.4 is 5.46 Å². The van der Waals surface area contributed by atoms with E-state index in [0.29, 0.717) is 16.5 Å². The second-order valence-corrected chi connectivity index (χ2v) is 10.4. The van der Waals surface area contributed by atoms with Crippen LogP contribution in [0.2, 0.25) is 0 Å². The van der Waals surface area contributed by atoms with E-state index >= 15 is 0 Å². The monoisotopic (exact) mass is 499 g/mol. The fourth-order valence-electron chi connectivity index (χ4n) is 3.09. The molecule has 1 amide bonds. The first-order valence-electron chi connectivity index (χ1n) is 10.5. The molecule has 1 aromatic rings. The first kappa shape index (κ1) is 27.5. The number of nitrogens with zero attached hydrogens (tertiary/aromatic N) is 1. The molecule has 0 unspecified atom stereocenters. The Morgan fingerprint density at radius 2 is 1.77 bits per heavy atom. The second-order valence-electron chi connectivity index (χ2n) is 9.48. The SMILES string of the molecule is CCCCOC(=O)N([C@@H](Cc1ccc(Br)cc1B(O)O)C(=O)OC(C)(C)C)C(C)(C)C. The Labute approximate surface area is 194 Å². The lowest BCUT2D eigenvalue weighted by Crippen LogP contribution is -2.57. The van der Waals surface area contributed by atoms with Crippen molar-refractivity contribution in [1.29, 1.82) is 0 Å². The minimum atomic E-state index is -1.73. The van der Waals surface area contributed by atoms with Crippen molar-refractivity contribution in [2.45, 2.75) is 84.9 Å². The molecule has 0 saturated carbocycles. The highest BCUT2D eigenvalue weighted by Gasteiger charge is 2.41. The predicted molar refractivity (Wildman–Crippen MR) is 125 cm³/mol. The Hall–Kier alpha value is -1.58. The highest BCUT2D eigenvalue weighted by Crippen LogP contribution is 2.24. The lowest BCUT2D eigenvalue weighted by Gasteiger charge is -2.40. The fraction of sp³-hybridized carbons (Fsp3) is 0.636. The van der Waals surface area contributed by atoms with Crippen LogP contribution in [-0.4, -0.2) is 57.9 Å². The van der Waals surface area contributed by atoms with Crippen molar-refractivity contribution < 1.29 is 29.1 Å². The summed E-state index contributed by atoms with van der Waals surface area (Å²) in [7, 11) is -1.73. The third-order valence-electron chi connectivity index (χ3n) is 4.43. The van der Waals surface area contributed by atoms with Crippen LogP contribution in [0.25, 0.3) is 0 Å². The maximum absolute atomic E-state index is 13.2. The van der Waals surface area contributed by atoms with Crippen LogP contribution in [0, 0.1) is 0 Å². The highest BCUT2D eigenvalue weighted by molar-refractivity contribution is 9.10. The first-order valence-corrected chi connectivity index (χ1v) is 11.3. The zero-order valence-corrected chi connectivity index (χ0v) is 21.2. The number of carbonyl (C=O) groups is 2. The standard InChI is InChI=1S/C22H35BBrNO6/c1-8-9-12-30-20(27)25(21(2,3)4)18(19(26)31-22(5,6)7)13-15-10-11-16(24)14-17(15)23(28)29/h10-11,14,18,28-29H,8-9,12-13H2,1-7H3/t18-/m0/s1. The van der Waals surface area contributed by atoms with E-state index in [4.69, 9.17) is 9.47 Å². The molecule has 174 valence electrons. The summed E-state index contributed by atoms with van der Waals surface area (Å²) >= 11 is 3.32. The summed E-state index contributed by atoms with van der Waals surface area (Å²) in [5.41, 5.74) is -0.747. The lowest BCUT2D eigenvalue weighted by atomic mass is 9.75. The zero-order chi connectivity index (χ0) is 24.0. The van der Waals surface area contributed by atoms with Crippen molar-refractivity contribution >= 4 is 40.6 Å². The molecule has 1 aromatic carbocycles. The summed E-state index contributed by atoms with van der Waals surface area (Å²) in [6.45, 7) is 13.0. The minimum Gasteiger partial charge on any atom is -0.458 e. The Morgan fingerprint density at radius 1 is 1.16 bits per heavy atom. The van der Waals surface area contributed by atoms with Gasteiger partial charge in [0.05, 0.1) is 6.61 Å². The number of halogens is 1. The van der Waals surface area contributed by atoms with Gasteiger partial charge in [-0.15, -0.1) is 0 Å². The molecule has 0 saturated heterocycles. The summed E-state index contributed by atoms with van der Waals surface area (Å²) < 4.78 is 11.7. The van der Waals surface area contributed by atoms with Gasteiger partial charge in [-0.05, 0) is 71.1 Å². The molecule has 2 N–H and O–H groups in total. The molecule has 0 aromatic heterocycles. The van der Waals surface area contributed by atoms with Gasteiger partial charge < -0.3 is 19.5 Å². The average molecular weight is 500 g/mol. The zero-order valence-electron chi connectivity index (χ0n) is 19.6. The topological polar surface area (TPSA) is 96.3 Å². The van der Waals surface area contributed by atoms with Crippen molar-refractivity contribution in [3.05, 3.63) is 28.2 Å². The molecule has 1 rings (SSSR count). The number of esters is 1. The van der Waals surface area contributed by atoms with Crippen molar-refractivity contribution in [3.63, 3.8) is 0 Å². The van der Waals surface area contributed by atoms with E-state index in [1.807, 2.05) is 27.7 Å². The van der Waals surface area contributed by atoms with Gasteiger partial charge in [-0.25, -0.2) is 9.59 Å². The molecule has 0 aliphatic carbocycles. The number of hydrogen-bond donors (Lipinski definition) is 2. The second kappa shape index (κ2) is 11.3. The third kappa shape index (κ3) is 8.82. The summed E-state index contributed by atoms with van der Waals surface area (Å²) in [6.07, 6.45) is 1.01. The Bertz CT molecular complexity index is 757. The van der Waals surface area contributed by atoms with E-state index in [1.165, 1.54) is 4.90 Å². The molecule has 0 heterocycles. The van der Waals surface area contributed by atoms with Gasteiger partial charge in [0.15, 0.2) is 0 Å². The smallest absolute Gasteiger partial charge is 0.458 e. The van der Waals surface area contributed by atoms with Crippen molar-refractivity contribution in [1.82, 2.24) is 4.90 Å². The van der Waals surface area contributed by atoms with Crippen molar-refractivity contribution in [2.24, 2.45) is 0 Å². The van der Waals surface area contributed by atoms with Gasteiger partial charge in [0.25, 0.3) is 0 Å². The van der Waals surface area contributed by atoms with Gasteiger partial charge in [-0.2, -0.15) is 0 Å². The highest BCUT2D eigenvalue weighted by atomic mass is 79.9. The molecule has 9 heteroatoms. The van der Waals surface area contributed by atoms with Gasteiger partial charge in [0.1, 0.15) is 11.6 Å². The van der Waals surface area contributed by atoms with Crippen LogP contribution in [0.1, 0.15) is 66.9 Å². The van der Waals surface area contributed by atoms with E-state index in [0.717, 1.165) is 6.42 Å². The Morgan fingerprint density at radius 3 is 2.26 bits per heavy atom. The normalized spacial score (nSPS) is 12.8.